The standard InChI is InChI=1S/C11H21NO2Si/c1-15(2,3)10-9-14-11(13)12-7-5-4-6-8-12/h4-5H,6-10H2,1-3H3. The lowest BCUT2D eigenvalue weighted by atomic mass is 10.3. The Labute approximate surface area is 93.1 Å². The van der Waals surface area contributed by atoms with Gasteiger partial charge in [0.1, 0.15) is 0 Å². The average molecular weight is 227 g/mol. The van der Waals surface area contributed by atoms with Crippen LogP contribution in [0.5, 0.6) is 0 Å². The van der Waals surface area contributed by atoms with Gasteiger partial charge in [-0.1, -0.05) is 31.8 Å². The van der Waals surface area contributed by atoms with Crippen molar-refractivity contribution in [3.8, 4) is 0 Å². The fourth-order valence-corrected chi connectivity index (χ4v) is 2.06. The molecule has 15 heavy (non-hydrogen) atoms. The van der Waals surface area contributed by atoms with Crippen molar-refractivity contribution in [2.75, 3.05) is 19.7 Å². The maximum atomic E-state index is 11.6. The molecule has 0 spiro atoms. The maximum Gasteiger partial charge on any atom is 0.410 e. The molecule has 86 valence electrons. The van der Waals surface area contributed by atoms with Crippen LogP contribution < -0.4 is 0 Å². The smallest absolute Gasteiger partial charge is 0.410 e. The van der Waals surface area contributed by atoms with Gasteiger partial charge >= 0.3 is 6.09 Å². The lowest BCUT2D eigenvalue weighted by molar-refractivity contribution is 0.110. The summed E-state index contributed by atoms with van der Waals surface area (Å²) in [5, 5.41) is 0. The number of carbonyl (C=O) groups excluding carboxylic acids is 1. The topological polar surface area (TPSA) is 29.5 Å². The summed E-state index contributed by atoms with van der Waals surface area (Å²) in [6, 6.07) is 1.04. The van der Waals surface area contributed by atoms with Gasteiger partial charge in [-0.15, -0.1) is 0 Å². The van der Waals surface area contributed by atoms with Crippen LogP contribution in [0.2, 0.25) is 25.7 Å². The molecule has 1 rings (SSSR count). The Balaban J connectivity index is 2.21. The van der Waals surface area contributed by atoms with Crippen LogP contribution in [-0.2, 0) is 4.74 Å². The minimum atomic E-state index is -1.08. The van der Waals surface area contributed by atoms with Crippen LogP contribution in [0.1, 0.15) is 6.42 Å². The largest absolute Gasteiger partial charge is 0.450 e. The highest BCUT2D eigenvalue weighted by Crippen LogP contribution is 2.09. The monoisotopic (exact) mass is 227 g/mol. The number of hydrogen-bond acceptors (Lipinski definition) is 2. The molecule has 0 radical (unpaired) electrons. The maximum absolute atomic E-state index is 11.6. The van der Waals surface area contributed by atoms with Crippen molar-refractivity contribution in [3.63, 3.8) is 0 Å². The number of rotatable bonds is 3. The Morgan fingerprint density at radius 3 is 2.67 bits per heavy atom. The molecular formula is C11H21NO2Si. The molecule has 0 aromatic carbocycles. The molecule has 3 nitrogen and oxygen atoms in total. The first-order valence-corrected chi connectivity index (χ1v) is 9.26. The Hall–Kier alpha value is -0.773. The van der Waals surface area contributed by atoms with Gasteiger partial charge in [0.2, 0.25) is 0 Å². The van der Waals surface area contributed by atoms with Crippen molar-refractivity contribution in [1.82, 2.24) is 4.90 Å². The molecular weight excluding hydrogens is 206 g/mol. The van der Waals surface area contributed by atoms with Crippen LogP contribution in [0.25, 0.3) is 0 Å². The van der Waals surface area contributed by atoms with Gasteiger partial charge in [-0.25, -0.2) is 4.79 Å². The lowest BCUT2D eigenvalue weighted by Crippen LogP contribution is -2.35. The highest BCUT2D eigenvalue weighted by Gasteiger charge is 2.17. The molecule has 0 saturated heterocycles. The zero-order chi connectivity index (χ0) is 11.3. The summed E-state index contributed by atoms with van der Waals surface area (Å²) in [7, 11) is -1.08. The normalized spacial score (nSPS) is 16.6. The molecule has 1 aliphatic rings. The van der Waals surface area contributed by atoms with Gasteiger partial charge < -0.3 is 9.64 Å². The van der Waals surface area contributed by atoms with E-state index in [4.69, 9.17) is 4.74 Å². The van der Waals surface area contributed by atoms with E-state index in [9.17, 15) is 4.79 Å². The third-order valence-electron chi connectivity index (χ3n) is 2.39. The fraction of sp³-hybridized carbons (Fsp3) is 0.727. The Morgan fingerprint density at radius 1 is 1.40 bits per heavy atom. The van der Waals surface area contributed by atoms with Crippen molar-refractivity contribution < 1.29 is 9.53 Å². The first kappa shape index (κ1) is 12.3. The quantitative estimate of drug-likeness (QED) is 0.548. The zero-order valence-corrected chi connectivity index (χ0v) is 11.0. The van der Waals surface area contributed by atoms with Gasteiger partial charge in [-0.2, -0.15) is 0 Å². The van der Waals surface area contributed by atoms with Crippen LogP contribution in [-0.4, -0.2) is 38.8 Å². The number of carbonyl (C=O) groups is 1. The molecule has 0 aliphatic carbocycles. The molecule has 0 atom stereocenters. The molecule has 1 aliphatic heterocycles. The average Bonchev–Trinajstić information content (AvgIpc) is 2.17. The second kappa shape index (κ2) is 5.35. The third kappa shape index (κ3) is 5.02. The zero-order valence-electron chi connectivity index (χ0n) is 9.95. The van der Waals surface area contributed by atoms with Crippen LogP contribution in [0.15, 0.2) is 12.2 Å². The SMILES string of the molecule is C[Si](C)(C)CCOC(=O)N1CC=CCC1. The van der Waals surface area contributed by atoms with Gasteiger partial charge in [0.05, 0.1) is 6.61 Å². The second-order valence-electron chi connectivity index (χ2n) is 5.13. The van der Waals surface area contributed by atoms with E-state index < -0.39 is 8.07 Å². The minimum Gasteiger partial charge on any atom is -0.450 e. The van der Waals surface area contributed by atoms with Gasteiger partial charge in [-0.3, -0.25) is 0 Å². The molecule has 0 unspecified atom stereocenters. The Kier molecular flexibility index (Phi) is 4.39. The first-order chi connectivity index (χ1) is 6.99. The molecule has 4 heteroatoms. The molecule has 0 fully saturated rings. The van der Waals surface area contributed by atoms with Crippen molar-refractivity contribution >= 4 is 14.2 Å². The van der Waals surface area contributed by atoms with Crippen LogP contribution in [0.3, 0.4) is 0 Å². The third-order valence-corrected chi connectivity index (χ3v) is 4.10. The van der Waals surface area contributed by atoms with Crippen molar-refractivity contribution in [2.24, 2.45) is 0 Å². The summed E-state index contributed by atoms with van der Waals surface area (Å²) < 4.78 is 5.25. The summed E-state index contributed by atoms with van der Waals surface area (Å²) in [5.74, 6) is 0. The van der Waals surface area contributed by atoms with E-state index in [-0.39, 0.29) is 6.09 Å². The summed E-state index contributed by atoms with van der Waals surface area (Å²) in [6.07, 6.45) is 4.91. The number of nitrogens with zero attached hydrogens (tertiary/aromatic N) is 1. The highest BCUT2D eigenvalue weighted by molar-refractivity contribution is 6.76. The molecule has 0 saturated carbocycles. The van der Waals surface area contributed by atoms with E-state index in [1.54, 1.807) is 4.90 Å². The Morgan fingerprint density at radius 2 is 2.13 bits per heavy atom. The molecule has 0 aromatic heterocycles. The number of hydrogen-bond donors (Lipinski definition) is 0. The van der Waals surface area contributed by atoms with Crippen LogP contribution in [0, 0.1) is 0 Å². The summed E-state index contributed by atoms with van der Waals surface area (Å²) in [4.78, 5) is 13.3. The minimum absolute atomic E-state index is 0.155. The van der Waals surface area contributed by atoms with E-state index >= 15 is 0 Å². The number of amides is 1. The summed E-state index contributed by atoms with van der Waals surface area (Å²) in [5.41, 5.74) is 0. The molecule has 0 aromatic rings. The molecule has 1 amide bonds. The van der Waals surface area contributed by atoms with E-state index in [1.165, 1.54) is 0 Å². The predicted molar refractivity (Wildman–Crippen MR) is 64.8 cm³/mol. The highest BCUT2D eigenvalue weighted by atomic mass is 28.3. The van der Waals surface area contributed by atoms with Gasteiger partial charge in [0.25, 0.3) is 0 Å². The van der Waals surface area contributed by atoms with Crippen molar-refractivity contribution in [3.05, 3.63) is 12.2 Å². The molecule has 0 bridgehead atoms. The van der Waals surface area contributed by atoms with E-state index in [0.717, 1.165) is 19.0 Å². The van der Waals surface area contributed by atoms with Gasteiger partial charge in [0, 0.05) is 21.2 Å². The number of ether oxygens (including phenoxy) is 1. The molecule has 1 heterocycles. The lowest BCUT2D eigenvalue weighted by Gasteiger charge is -2.23. The van der Waals surface area contributed by atoms with Crippen LogP contribution >= 0.6 is 0 Å². The van der Waals surface area contributed by atoms with E-state index in [0.29, 0.717) is 13.2 Å². The first-order valence-electron chi connectivity index (χ1n) is 5.56. The second-order valence-corrected chi connectivity index (χ2v) is 10.8. The fourth-order valence-electron chi connectivity index (χ4n) is 1.34. The van der Waals surface area contributed by atoms with Gasteiger partial charge in [-0.05, 0) is 12.5 Å². The predicted octanol–water partition coefficient (Wildman–Crippen LogP) is 2.72. The summed E-state index contributed by atoms with van der Waals surface area (Å²) in [6.45, 7) is 8.92. The molecule has 0 N–H and O–H groups in total. The summed E-state index contributed by atoms with van der Waals surface area (Å²) >= 11 is 0. The van der Waals surface area contributed by atoms with Crippen LogP contribution in [0.4, 0.5) is 4.79 Å². The van der Waals surface area contributed by atoms with E-state index in [2.05, 4.69) is 25.7 Å². The van der Waals surface area contributed by atoms with Gasteiger partial charge in [0.15, 0.2) is 0 Å². The van der Waals surface area contributed by atoms with Crippen molar-refractivity contribution in [1.29, 1.82) is 0 Å². The van der Waals surface area contributed by atoms with E-state index in [1.807, 2.05) is 6.08 Å². The van der Waals surface area contributed by atoms with Crippen molar-refractivity contribution in [2.45, 2.75) is 32.1 Å². The Bertz CT molecular complexity index is 245.